The molecule has 2 aliphatic rings. The SMILES string of the molecule is COC1CC(N)(C2(O)CCN(C(=O)OC(C)(C)C)C2)C1. The molecule has 1 aliphatic heterocycles. The van der Waals surface area contributed by atoms with Crippen LogP contribution in [-0.2, 0) is 9.47 Å². The van der Waals surface area contributed by atoms with Gasteiger partial charge in [-0.3, -0.25) is 0 Å². The van der Waals surface area contributed by atoms with E-state index in [0.29, 0.717) is 25.8 Å². The molecule has 3 N–H and O–H groups in total. The maximum Gasteiger partial charge on any atom is 0.410 e. The van der Waals surface area contributed by atoms with Crippen LogP contribution in [-0.4, -0.2) is 59.1 Å². The summed E-state index contributed by atoms with van der Waals surface area (Å²) in [6.07, 6.45) is 1.46. The number of rotatable bonds is 2. The lowest BCUT2D eigenvalue weighted by Crippen LogP contribution is -2.70. The average Bonchev–Trinajstić information content (AvgIpc) is 2.67. The van der Waals surface area contributed by atoms with Gasteiger partial charge in [0.15, 0.2) is 0 Å². The Bertz CT molecular complexity index is 387. The van der Waals surface area contributed by atoms with Gasteiger partial charge in [-0.15, -0.1) is 0 Å². The van der Waals surface area contributed by atoms with E-state index in [4.69, 9.17) is 15.2 Å². The summed E-state index contributed by atoms with van der Waals surface area (Å²) in [6.45, 7) is 6.18. The summed E-state index contributed by atoms with van der Waals surface area (Å²) >= 11 is 0. The van der Waals surface area contributed by atoms with Gasteiger partial charge >= 0.3 is 6.09 Å². The summed E-state index contributed by atoms with van der Waals surface area (Å²) in [4.78, 5) is 13.6. The van der Waals surface area contributed by atoms with Crippen LogP contribution in [0.1, 0.15) is 40.0 Å². The monoisotopic (exact) mass is 286 g/mol. The first kappa shape index (κ1) is 15.5. The summed E-state index contributed by atoms with van der Waals surface area (Å²) in [7, 11) is 1.65. The molecule has 0 bridgehead atoms. The second-order valence-electron chi connectivity index (χ2n) is 7.11. The quantitative estimate of drug-likeness (QED) is 0.786. The van der Waals surface area contributed by atoms with Gasteiger partial charge in [0.05, 0.1) is 18.2 Å². The molecule has 0 radical (unpaired) electrons. The molecule has 1 saturated carbocycles. The molecule has 20 heavy (non-hydrogen) atoms. The Labute approximate surface area is 120 Å². The molecule has 1 amide bonds. The van der Waals surface area contributed by atoms with Crippen molar-refractivity contribution in [1.82, 2.24) is 4.90 Å². The highest BCUT2D eigenvalue weighted by Crippen LogP contribution is 2.44. The molecule has 2 fully saturated rings. The molecule has 0 spiro atoms. The number of carbonyl (C=O) groups is 1. The summed E-state index contributed by atoms with van der Waals surface area (Å²) in [5, 5.41) is 10.8. The first-order valence-corrected chi connectivity index (χ1v) is 7.11. The van der Waals surface area contributed by atoms with Crippen molar-refractivity contribution in [2.45, 2.75) is 62.9 Å². The van der Waals surface area contributed by atoms with Gasteiger partial charge in [0, 0.05) is 13.7 Å². The van der Waals surface area contributed by atoms with Gasteiger partial charge in [0.2, 0.25) is 0 Å². The van der Waals surface area contributed by atoms with E-state index in [2.05, 4.69) is 0 Å². The molecule has 0 aromatic rings. The molecule has 1 unspecified atom stereocenters. The van der Waals surface area contributed by atoms with Crippen molar-refractivity contribution in [3.63, 3.8) is 0 Å². The zero-order valence-corrected chi connectivity index (χ0v) is 12.8. The molecular formula is C14H26N2O4. The Hall–Kier alpha value is -0.850. The molecule has 116 valence electrons. The number of nitrogens with zero attached hydrogens (tertiary/aromatic N) is 1. The molecule has 1 heterocycles. The Balaban J connectivity index is 1.96. The number of ether oxygens (including phenoxy) is 2. The van der Waals surface area contributed by atoms with E-state index < -0.39 is 16.7 Å². The predicted molar refractivity (Wildman–Crippen MR) is 74.3 cm³/mol. The fourth-order valence-corrected chi connectivity index (χ4v) is 2.98. The third kappa shape index (κ3) is 2.77. The molecule has 2 rings (SSSR count). The number of methoxy groups -OCH3 is 1. The Morgan fingerprint density at radius 3 is 2.50 bits per heavy atom. The number of β-amino-alcohol motifs (C(OH)–C–C–N with tert-alkyl or cyclic N) is 1. The predicted octanol–water partition coefficient (Wildman–Crippen LogP) is 0.865. The lowest BCUT2D eigenvalue weighted by atomic mass is 9.64. The highest BCUT2D eigenvalue weighted by molar-refractivity contribution is 5.68. The lowest BCUT2D eigenvalue weighted by Gasteiger charge is -2.52. The number of carbonyl (C=O) groups excluding carboxylic acids is 1. The third-order valence-electron chi connectivity index (χ3n) is 4.34. The van der Waals surface area contributed by atoms with Gasteiger partial charge in [-0.2, -0.15) is 0 Å². The van der Waals surface area contributed by atoms with Crippen LogP contribution >= 0.6 is 0 Å². The van der Waals surface area contributed by atoms with Crippen molar-refractivity contribution in [3.8, 4) is 0 Å². The first-order chi connectivity index (χ1) is 9.09. The first-order valence-electron chi connectivity index (χ1n) is 7.11. The van der Waals surface area contributed by atoms with Crippen molar-refractivity contribution in [2.24, 2.45) is 5.73 Å². The van der Waals surface area contributed by atoms with E-state index in [9.17, 15) is 9.90 Å². The zero-order valence-electron chi connectivity index (χ0n) is 12.8. The van der Waals surface area contributed by atoms with Gasteiger partial charge in [0.1, 0.15) is 11.2 Å². The van der Waals surface area contributed by atoms with Crippen molar-refractivity contribution < 1.29 is 19.4 Å². The van der Waals surface area contributed by atoms with Gasteiger partial charge in [0.25, 0.3) is 0 Å². The van der Waals surface area contributed by atoms with Gasteiger partial charge in [-0.05, 0) is 40.0 Å². The largest absolute Gasteiger partial charge is 0.444 e. The Morgan fingerprint density at radius 1 is 1.40 bits per heavy atom. The fraction of sp³-hybridized carbons (Fsp3) is 0.929. The second kappa shape index (κ2) is 4.86. The molecule has 1 saturated heterocycles. The normalized spacial score (nSPS) is 37.7. The highest BCUT2D eigenvalue weighted by Gasteiger charge is 2.58. The van der Waals surface area contributed by atoms with Crippen LogP contribution in [0.2, 0.25) is 0 Å². The Morgan fingerprint density at radius 2 is 2.00 bits per heavy atom. The van der Waals surface area contributed by atoms with Crippen molar-refractivity contribution in [1.29, 1.82) is 0 Å². The van der Waals surface area contributed by atoms with Gasteiger partial charge in [-0.1, -0.05) is 0 Å². The van der Waals surface area contributed by atoms with Crippen LogP contribution in [0.3, 0.4) is 0 Å². The number of hydrogen-bond donors (Lipinski definition) is 2. The van der Waals surface area contributed by atoms with Gasteiger partial charge in [-0.25, -0.2) is 4.79 Å². The number of nitrogens with two attached hydrogens (primary N) is 1. The van der Waals surface area contributed by atoms with Crippen LogP contribution in [0.15, 0.2) is 0 Å². The topological polar surface area (TPSA) is 85.0 Å². The van der Waals surface area contributed by atoms with Crippen molar-refractivity contribution >= 4 is 6.09 Å². The minimum absolute atomic E-state index is 0.111. The maximum absolute atomic E-state index is 12.0. The van der Waals surface area contributed by atoms with Crippen LogP contribution in [0, 0.1) is 0 Å². The standard InChI is InChI=1S/C14H26N2O4/c1-12(2,3)20-11(17)16-6-5-14(18,9-16)13(15)7-10(8-13)19-4/h10,18H,5-9,15H2,1-4H3. The van der Waals surface area contributed by atoms with Crippen LogP contribution in [0.4, 0.5) is 4.79 Å². The minimum Gasteiger partial charge on any atom is -0.444 e. The van der Waals surface area contributed by atoms with E-state index in [1.165, 1.54) is 0 Å². The van der Waals surface area contributed by atoms with E-state index in [-0.39, 0.29) is 18.7 Å². The van der Waals surface area contributed by atoms with E-state index >= 15 is 0 Å². The highest BCUT2D eigenvalue weighted by atomic mass is 16.6. The molecular weight excluding hydrogens is 260 g/mol. The zero-order chi connectivity index (χ0) is 15.2. The summed E-state index contributed by atoms with van der Waals surface area (Å²) in [5.41, 5.74) is 4.05. The minimum atomic E-state index is -1.04. The molecule has 1 atom stereocenters. The molecule has 0 aromatic heterocycles. The number of likely N-dealkylation sites (tertiary alicyclic amines) is 1. The number of amides is 1. The second-order valence-corrected chi connectivity index (χ2v) is 7.11. The summed E-state index contributed by atoms with van der Waals surface area (Å²) < 4.78 is 10.6. The smallest absolute Gasteiger partial charge is 0.410 e. The average molecular weight is 286 g/mol. The Kier molecular flexibility index (Phi) is 3.77. The maximum atomic E-state index is 12.0. The van der Waals surface area contributed by atoms with Crippen molar-refractivity contribution in [3.05, 3.63) is 0 Å². The third-order valence-corrected chi connectivity index (χ3v) is 4.34. The summed E-state index contributed by atoms with van der Waals surface area (Å²) in [5.74, 6) is 0. The van der Waals surface area contributed by atoms with Crippen LogP contribution in [0.25, 0.3) is 0 Å². The van der Waals surface area contributed by atoms with E-state index in [1.807, 2.05) is 20.8 Å². The van der Waals surface area contributed by atoms with E-state index in [1.54, 1.807) is 12.0 Å². The van der Waals surface area contributed by atoms with Crippen LogP contribution in [0.5, 0.6) is 0 Å². The summed E-state index contributed by atoms with van der Waals surface area (Å²) in [6, 6.07) is 0. The molecule has 0 aromatic carbocycles. The molecule has 6 nitrogen and oxygen atoms in total. The van der Waals surface area contributed by atoms with E-state index in [0.717, 1.165) is 0 Å². The molecule has 1 aliphatic carbocycles. The lowest BCUT2D eigenvalue weighted by molar-refractivity contribution is -0.120. The fourth-order valence-electron chi connectivity index (χ4n) is 2.98. The molecule has 6 heteroatoms. The van der Waals surface area contributed by atoms with Crippen molar-refractivity contribution in [2.75, 3.05) is 20.2 Å². The van der Waals surface area contributed by atoms with Gasteiger partial charge < -0.3 is 25.2 Å². The van der Waals surface area contributed by atoms with Crippen LogP contribution < -0.4 is 5.73 Å². The number of hydrogen-bond acceptors (Lipinski definition) is 5. The number of aliphatic hydroxyl groups is 1.